The highest BCUT2D eigenvalue weighted by Crippen LogP contribution is 2.10. The molecule has 0 spiro atoms. The molecule has 3 nitrogen and oxygen atoms in total. The summed E-state index contributed by atoms with van der Waals surface area (Å²) in [6.45, 7) is 2.37. The fourth-order valence-electron chi connectivity index (χ4n) is 1.21. The van der Waals surface area contributed by atoms with E-state index in [9.17, 15) is 4.79 Å². The molecule has 0 aliphatic carbocycles. The Kier molecular flexibility index (Phi) is 3.03. The smallest absolute Gasteiger partial charge is 0.335 e. The van der Waals surface area contributed by atoms with Crippen molar-refractivity contribution in [3.63, 3.8) is 0 Å². The number of hydrogen-bond donors (Lipinski definition) is 2. The highest BCUT2D eigenvalue weighted by molar-refractivity contribution is 5.88. The molecule has 1 rings (SSSR count). The molecule has 13 heavy (non-hydrogen) atoms. The van der Waals surface area contributed by atoms with Gasteiger partial charge in [-0.3, -0.25) is 0 Å². The number of rotatable bonds is 3. The molecule has 1 aromatic carbocycles. The SMILES string of the molecule is CCc1cc(CN)cc(C(=O)O)c1. The second kappa shape index (κ2) is 4.05. The molecule has 3 N–H and O–H groups in total. The van der Waals surface area contributed by atoms with Crippen LogP contribution in [0.4, 0.5) is 0 Å². The van der Waals surface area contributed by atoms with Crippen molar-refractivity contribution in [1.82, 2.24) is 0 Å². The van der Waals surface area contributed by atoms with Crippen LogP contribution in [-0.2, 0) is 13.0 Å². The fourth-order valence-corrected chi connectivity index (χ4v) is 1.21. The van der Waals surface area contributed by atoms with Crippen LogP contribution in [0.1, 0.15) is 28.4 Å². The first-order chi connectivity index (χ1) is 6.17. The summed E-state index contributed by atoms with van der Waals surface area (Å²) in [5.74, 6) is -0.898. The average Bonchev–Trinajstić information content (AvgIpc) is 2.16. The summed E-state index contributed by atoms with van der Waals surface area (Å²) in [6.07, 6.45) is 0.827. The number of carboxylic acid groups (broad SMARTS) is 1. The molecule has 0 aliphatic heterocycles. The van der Waals surface area contributed by atoms with Crippen molar-refractivity contribution in [2.75, 3.05) is 0 Å². The number of nitrogens with two attached hydrogens (primary N) is 1. The second-order valence-corrected chi connectivity index (χ2v) is 2.90. The standard InChI is InChI=1S/C10H13NO2/c1-2-7-3-8(6-11)5-9(4-7)10(12)13/h3-5H,2,6,11H2,1H3,(H,12,13). The molecule has 0 radical (unpaired) electrons. The summed E-state index contributed by atoms with van der Waals surface area (Å²) in [7, 11) is 0. The zero-order chi connectivity index (χ0) is 9.84. The lowest BCUT2D eigenvalue weighted by molar-refractivity contribution is 0.0696. The Labute approximate surface area is 77.2 Å². The van der Waals surface area contributed by atoms with E-state index in [1.807, 2.05) is 13.0 Å². The minimum absolute atomic E-state index is 0.319. The van der Waals surface area contributed by atoms with Gasteiger partial charge in [0.25, 0.3) is 0 Å². The molecule has 0 heterocycles. The lowest BCUT2D eigenvalue weighted by Crippen LogP contribution is -2.03. The Morgan fingerprint density at radius 3 is 2.46 bits per heavy atom. The average molecular weight is 179 g/mol. The normalized spacial score (nSPS) is 10.0. The van der Waals surface area contributed by atoms with Gasteiger partial charge in [0.05, 0.1) is 5.56 Å². The van der Waals surface area contributed by atoms with Crippen LogP contribution in [-0.4, -0.2) is 11.1 Å². The molecule has 70 valence electrons. The van der Waals surface area contributed by atoms with Gasteiger partial charge in [-0.05, 0) is 29.7 Å². The quantitative estimate of drug-likeness (QED) is 0.737. The van der Waals surface area contributed by atoms with Crippen LogP contribution in [0, 0.1) is 0 Å². The van der Waals surface area contributed by atoms with E-state index in [4.69, 9.17) is 10.8 Å². The molecule has 0 fully saturated rings. The van der Waals surface area contributed by atoms with Crippen LogP contribution >= 0.6 is 0 Å². The highest BCUT2D eigenvalue weighted by Gasteiger charge is 2.05. The summed E-state index contributed by atoms with van der Waals surface area (Å²) in [4.78, 5) is 10.7. The molecule has 0 saturated carbocycles. The Bertz CT molecular complexity index is 298. The maximum atomic E-state index is 10.7. The lowest BCUT2D eigenvalue weighted by atomic mass is 10.0. The van der Waals surface area contributed by atoms with E-state index in [1.54, 1.807) is 12.1 Å². The fraction of sp³-hybridized carbons (Fsp3) is 0.300. The molecule has 0 aliphatic rings. The van der Waals surface area contributed by atoms with Crippen LogP contribution < -0.4 is 5.73 Å². The molecular weight excluding hydrogens is 166 g/mol. The third kappa shape index (κ3) is 2.29. The van der Waals surface area contributed by atoms with Gasteiger partial charge in [0.1, 0.15) is 0 Å². The molecule has 0 amide bonds. The number of carbonyl (C=O) groups is 1. The molecule has 0 atom stereocenters. The molecule has 0 aromatic heterocycles. The van der Waals surface area contributed by atoms with Gasteiger partial charge in [0.2, 0.25) is 0 Å². The minimum Gasteiger partial charge on any atom is -0.478 e. The topological polar surface area (TPSA) is 63.3 Å². The minimum atomic E-state index is -0.898. The van der Waals surface area contributed by atoms with Gasteiger partial charge < -0.3 is 10.8 Å². The summed E-state index contributed by atoms with van der Waals surface area (Å²) in [6, 6.07) is 5.23. The lowest BCUT2D eigenvalue weighted by Gasteiger charge is -2.03. The van der Waals surface area contributed by atoms with Crippen LogP contribution in [0.3, 0.4) is 0 Å². The number of benzene rings is 1. The maximum absolute atomic E-state index is 10.7. The summed E-state index contributed by atoms with van der Waals surface area (Å²) in [5, 5.41) is 8.78. The molecule has 1 aromatic rings. The predicted octanol–water partition coefficient (Wildman–Crippen LogP) is 1.41. The van der Waals surface area contributed by atoms with E-state index in [2.05, 4.69) is 0 Å². The van der Waals surface area contributed by atoms with Crippen molar-refractivity contribution < 1.29 is 9.90 Å². The van der Waals surface area contributed by atoms with Gasteiger partial charge in [-0.1, -0.05) is 13.0 Å². The van der Waals surface area contributed by atoms with Crippen molar-refractivity contribution in [2.45, 2.75) is 19.9 Å². The first-order valence-corrected chi connectivity index (χ1v) is 4.23. The first kappa shape index (κ1) is 9.74. The zero-order valence-corrected chi connectivity index (χ0v) is 7.58. The van der Waals surface area contributed by atoms with Gasteiger partial charge in [-0.15, -0.1) is 0 Å². The zero-order valence-electron chi connectivity index (χ0n) is 7.58. The van der Waals surface area contributed by atoms with Crippen LogP contribution in [0.15, 0.2) is 18.2 Å². The third-order valence-corrected chi connectivity index (χ3v) is 1.94. The number of hydrogen-bond acceptors (Lipinski definition) is 2. The van der Waals surface area contributed by atoms with Crippen molar-refractivity contribution in [1.29, 1.82) is 0 Å². The van der Waals surface area contributed by atoms with Crippen LogP contribution in [0.25, 0.3) is 0 Å². The van der Waals surface area contributed by atoms with Gasteiger partial charge >= 0.3 is 5.97 Å². The summed E-state index contributed by atoms with van der Waals surface area (Å²) >= 11 is 0. The van der Waals surface area contributed by atoms with Crippen molar-refractivity contribution in [2.24, 2.45) is 5.73 Å². The van der Waals surface area contributed by atoms with E-state index < -0.39 is 5.97 Å². The van der Waals surface area contributed by atoms with E-state index in [-0.39, 0.29) is 0 Å². The summed E-state index contributed by atoms with van der Waals surface area (Å²) < 4.78 is 0. The Hall–Kier alpha value is -1.35. The van der Waals surface area contributed by atoms with Gasteiger partial charge in [-0.2, -0.15) is 0 Å². The Morgan fingerprint density at radius 2 is 2.00 bits per heavy atom. The van der Waals surface area contributed by atoms with Crippen molar-refractivity contribution in [3.8, 4) is 0 Å². The monoisotopic (exact) mass is 179 g/mol. The van der Waals surface area contributed by atoms with Crippen molar-refractivity contribution >= 4 is 5.97 Å². The van der Waals surface area contributed by atoms with E-state index in [1.165, 1.54) is 0 Å². The van der Waals surface area contributed by atoms with Crippen LogP contribution in [0.5, 0.6) is 0 Å². The predicted molar refractivity (Wildman–Crippen MR) is 50.7 cm³/mol. The molecule has 0 bridgehead atoms. The first-order valence-electron chi connectivity index (χ1n) is 4.23. The molecule has 0 saturated heterocycles. The largest absolute Gasteiger partial charge is 0.478 e. The highest BCUT2D eigenvalue weighted by atomic mass is 16.4. The van der Waals surface area contributed by atoms with E-state index in [0.717, 1.165) is 17.5 Å². The molecular formula is C10H13NO2. The van der Waals surface area contributed by atoms with Gasteiger partial charge in [0, 0.05) is 6.54 Å². The second-order valence-electron chi connectivity index (χ2n) is 2.90. The molecule has 3 heteroatoms. The Morgan fingerprint density at radius 1 is 1.38 bits per heavy atom. The van der Waals surface area contributed by atoms with Gasteiger partial charge in [0.15, 0.2) is 0 Å². The van der Waals surface area contributed by atoms with E-state index >= 15 is 0 Å². The summed E-state index contributed by atoms with van der Waals surface area (Å²) in [5.41, 5.74) is 7.65. The van der Waals surface area contributed by atoms with Crippen molar-refractivity contribution in [3.05, 3.63) is 34.9 Å². The number of aryl methyl sites for hydroxylation is 1. The third-order valence-electron chi connectivity index (χ3n) is 1.94. The molecule has 0 unspecified atom stereocenters. The number of aromatic carboxylic acids is 1. The maximum Gasteiger partial charge on any atom is 0.335 e. The van der Waals surface area contributed by atoms with Crippen LogP contribution in [0.2, 0.25) is 0 Å². The number of carboxylic acids is 1. The Balaban J connectivity index is 3.14. The van der Waals surface area contributed by atoms with Gasteiger partial charge in [-0.25, -0.2) is 4.79 Å². The van der Waals surface area contributed by atoms with E-state index in [0.29, 0.717) is 12.1 Å².